The fraction of sp³-hybridized carbons (Fsp3) is 0. The van der Waals surface area contributed by atoms with Gasteiger partial charge in [-0.25, -0.2) is 0 Å². The number of hydrogen-bond donors (Lipinski definition) is 1. The summed E-state index contributed by atoms with van der Waals surface area (Å²) in [6.45, 7) is 0. The van der Waals surface area contributed by atoms with Crippen LogP contribution in [0.15, 0.2) is 44.2 Å². The third-order valence-corrected chi connectivity index (χ3v) is 3.58. The van der Waals surface area contributed by atoms with E-state index in [1.54, 1.807) is 10.8 Å². The minimum Gasteiger partial charge on any atom is -0.299 e. The fourth-order valence-electron chi connectivity index (χ4n) is 1.31. The summed E-state index contributed by atoms with van der Waals surface area (Å²) in [5.74, 6) is 0. The number of para-hydroxylation sites is 1. The molecule has 0 spiro atoms. The first-order valence-corrected chi connectivity index (χ1v) is 6.35. The molecule has 0 aliphatic heterocycles. The molecule has 2 aromatic rings. The van der Waals surface area contributed by atoms with Crippen molar-refractivity contribution in [3.63, 3.8) is 0 Å². The summed E-state index contributed by atoms with van der Waals surface area (Å²) in [5.41, 5.74) is 0.660. The normalized spacial score (nSPS) is 10.4. The topological polar surface area (TPSA) is 37.8 Å². The molecule has 0 bridgehead atoms. The maximum atomic E-state index is 11.1. The molecule has 3 nitrogen and oxygen atoms in total. The smallest absolute Gasteiger partial charge is 0.251 e. The Bertz CT molecular complexity index is 628. The minimum absolute atomic E-state index is 0.204. The molecule has 1 aromatic heterocycles. The summed E-state index contributed by atoms with van der Waals surface area (Å²) in [5, 5.41) is 0. The minimum atomic E-state index is -0.204. The van der Waals surface area contributed by atoms with Crippen molar-refractivity contribution in [2.75, 3.05) is 0 Å². The Hall–Kier alpha value is -0.720. The van der Waals surface area contributed by atoms with Gasteiger partial charge in [0.25, 0.3) is 5.56 Å². The Morgan fingerprint density at radius 1 is 1.19 bits per heavy atom. The van der Waals surface area contributed by atoms with Gasteiger partial charge in [0, 0.05) is 21.2 Å². The summed E-state index contributed by atoms with van der Waals surface area (Å²) in [7, 11) is 0. The summed E-state index contributed by atoms with van der Waals surface area (Å²) in [4.78, 5) is 13.7. The molecule has 6 heteroatoms. The van der Waals surface area contributed by atoms with Crippen molar-refractivity contribution in [2.45, 2.75) is 0 Å². The van der Waals surface area contributed by atoms with E-state index in [0.29, 0.717) is 4.77 Å². The van der Waals surface area contributed by atoms with Crippen LogP contribution in [0, 0.1) is 4.77 Å². The van der Waals surface area contributed by atoms with E-state index in [-0.39, 0.29) is 5.56 Å². The molecule has 16 heavy (non-hydrogen) atoms. The Kier molecular flexibility index (Phi) is 3.41. The number of benzene rings is 1. The fourth-order valence-corrected chi connectivity index (χ4v) is 2.95. The standard InChI is InChI=1S/C10H6Br2N2OS/c11-6-2-1-3-7(12)9(6)14-5-4-8(15)13-10(14)16/h1-5H,(H,13,15,16). The van der Waals surface area contributed by atoms with E-state index in [9.17, 15) is 4.79 Å². The zero-order valence-electron chi connectivity index (χ0n) is 7.91. The van der Waals surface area contributed by atoms with Crippen molar-refractivity contribution in [1.29, 1.82) is 0 Å². The molecule has 2 rings (SSSR count). The summed E-state index contributed by atoms with van der Waals surface area (Å²) in [6.07, 6.45) is 1.64. The first-order valence-electron chi connectivity index (χ1n) is 4.36. The van der Waals surface area contributed by atoms with Crippen molar-refractivity contribution in [3.05, 3.63) is 54.5 Å². The predicted octanol–water partition coefficient (Wildman–Crippen LogP) is 3.42. The molecule has 1 N–H and O–H groups in total. The molecule has 0 aliphatic rings. The van der Waals surface area contributed by atoms with E-state index >= 15 is 0 Å². The van der Waals surface area contributed by atoms with Gasteiger partial charge in [-0.15, -0.1) is 0 Å². The molecule has 1 heterocycles. The molecule has 1 aromatic carbocycles. The summed E-state index contributed by atoms with van der Waals surface area (Å²) >= 11 is 12.0. The molecular formula is C10H6Br2N2OS. The highest BCUT2D eigenvalue weighted by molar-refractivity contribution is 9.11. The van der Waals surface area contributed by atoms with Gasteiger partial charge in [-0.1, -0.05) is 6.07 Å². The molecule has 0 saturated heterocycles. The average molecular weight is 362 g/mol. The maximum absolute atomic E-state index is 11.1. The van der Waals surface area contributed by atoms with Gasteiger partial charge in [0.1, 0.15) is 0 Å². The van der Waals surface area contributed by atoms with Crippen molar-refractivity contribution in [1.82, 2.24) is 9.55 Å². The first kappa shape index (κ1) is 11.8. The van der Waals surface area contributed by atoms with Gasteiger partial charge in [0.2, 0.25) is 0 Å². The molecule has 0 amide bonds. The van der Waals surface area contributed by atoms with Crippen LogP contribution in [0.4, 0.5) is 0 Å². The Morgan fingerprint density at radius 2 is 1.81 bits per heavy atom. The number of halogens is 2. The molecule has 0 atom stereocenters. The number of H-pyrrole nitrogens is 1. The van der Waals surface area contributed by atoms with Crippen LogP contribution in [-0.4, -0.2) is 9.55 Å². The predicted molar refractivity (Wildman–Crippen MR) is 72.6 cm³/mol. The molecular weight excluding hydrogens is 356 g/mol. The number of nitrogens with one attached hydrogen (secondary N) is 1. The first-order chi connectivity index (χ1) is 7.59. The number of rotatable bonds is 1. The largest absolute Gasteiger partial charge is 0.299 e. The Morgan fingerprint density at radius 3 is 2.38 bits per heavy atom. The second kappa shape index (κ2) is 4.65. The van der Waals surface area contributed by atoms with Crippen LogP contribution >= 0.6 is 44.1 Å². The van der Waals surface area contributed by atoms with Crippen LogP contribution in [-0.2, 0) is 0 Å². The van der Waals surface area contributed by atoms with Crippen LogP contribution in [0.5, 0.6) is 0 Å². The van der Waals surface area contributed by atoms with Crippen LogP contribution in [0.25, 0.3) is 5.69 Å². The van der Waals surface area contributed by atoms with E-state index in [4.69, 9.17) is 12.2 Å². The van der Waals surface area contributed by atoms with Crippen molar-refractivity contribution in [3.8, 4) is 5.69 Å². The molecule has 82 valence electrons. The number of aromatic nitrogens is 2. The Labute approximate surface area is 113 Å². The van der Waals surface area contributed by atoms with E-state index in [0.717, 1.165) is 14.6 Å². The van der Waals surface area contributed by atoms with Crippen molar-refractivity contribution in [2.24, 2.45) is 0 Å². The van der Waals surface area contributed by atoms with Crippen molar-refractivity contribution < 1.29 is 0 Å². The number of aromatic amines is 1. The zero-order chi connectivity index (χ0) is 11.7. The molecule has 0 aliphatic carbocycles. The number of hydrogen-bond acceptors (Lipinski definition) is 2. The number of nitrogens with zero attached hydrogens (tertiary/aromatic N) is 1. The van der Waals surface area contributed by atoms with Gasteiger partial charge in [-0.05, 0) is 56.2 Å². The monoisotopic (exact) mass is 360 g/mol. The average Bonchev–Trinajstić information content (AvgIpc) is 2.20. The lowest BCUT2D eigenvalue weighted by Crippen LogP contribution is -2.10. The summed E-state index contributed by atoms with van der Waals surface area (Å²) < 4.78 is 3.88. The second-order valence-electron chi connectivity index (χ2n) is 3.05. The molecule has 0 unspecified atom stereocenters. The van der Waals surface area contributed by atoms with Crippen LogP contribution in [0.1, 0.15) is 0 Å². The maximum Gasteiger partial charge on any atom is 0.251 e. The quantitative estimate of drug-likeness (QED) is 0.790. The molecule has 0 radical (unpaired) electrons. The van der Waals surface area contributed by atoms with Gasteiger partial charge in [-0.3, -0.25) is 14.3 Å². The third kappa shape index (κ3) is 2.18. The van der Waals surface area contributed by atoms with Gasteiger partial charge >= 0.3 is 0 Å². The second-order valence-corrected chi connectivity index (χ2v) is 5.15. The molecule has 0 saturated carbocycles. The van der Waals surface area contributed by atoms with Crippen LogP contribution < -0.4 is 5.56 Å². The lowest BCUT2D eigenvalue weighted by Gasteiger charge is -2.10. The highest BCUT2D eigenvalue weighted by Crippen LogP contribution is 2.28. The SMILES string of the molecule is O=c1ccn(-c2c(Br)cccc2Br)c(=S)[nH]1. The highest BCUT2D eigenvalue weighted by atomic mass is 79.9. The zero-order valence-corrected chi connectivity index (χ0v) is 11.9. The van der Waals surface area contributed by atoms with E-state index < -0.39 is 0 Å². The van der Waals surface area contributed by atoms with E-state index in [1.165, 1.54) is 6.07 Å². The Balaban J connectivity index is 2.78. The van der Waals surface area contributed by atoms with Gasteiger partial charge in [0.15, 0.2) is 4.77 Å². The third-order valence-electron chi connectivity index (χ3n) is 2.00. The highest BCUT2D eigenvalue weighted by Gasteiger charge is 2.06. The molecule has 0 fully saturated rings. The summed E-state index contributed by atoms with van der Waals surface area (Å²) in [6, 6.07) is 7.16. The lowest BCUT2D eigenvalue weighted by molar-refractivity contribution is 0.929. The van der Waals surface area contributed by atoms with E-state index in [1.807, 2.05) is 18.2 Å². The van der Waals surface area contributed by atoms with Crippen LogP contribution in [0.3, 0.4) is 0 Å². The van der Waals surface area contributed by atoms with Gasteiger partial charge < -0.3 is 0 Å². The van der Waals surface area contributed by atoms with Gasteiger partial charge in [-0.2, -0.15) is 0 Å². The van der Waals surface area contributed by atoms with Gasteiger partial charge in [0.05, 0.1) is 5.69 Å². The van der Waals surface area contributed by atoms with Crippen molar-refractivity contribution >= 4 is 44.1 Å². The lowest BCUT2D eigenvalue weighted by atomic mass is 10.3. The van der Waals surface area contributed by atoms with Crippen LogP contribution in [0.2, 0.25) is 0 Å². The van der Waals surface area contributed by atoms with E-state index in [2.05, 4.69) is 36.8 Å².